The first kappa shape index (κ1) is 15.6. The highest BCUT2D eigenvalue weighted by Crippen LogP contribution is 2.37. The lowest BCUT2D eigenvalue weighted by Gasteiger charge is -2.45. The summed E-state index contributed by atoms with van der Waals surface area (Å²) in [5.41, 5.74) is 0.442. The molecule has 2 heterocycles. The van der Waals surface area contributed by atoms with Gasteiger partial charge in [0.1, 0.15) is 0 Å². The molecule has 112 valence electrons. The van der Waals surface area contributed by atoms with Crippen molar-refractivity contribution in [2.45, 2.75) is 45.2 Å². The zero-order chi connectivity index (χ0) is 13.7. The SMILES string of the molecule is COCCN(CC1CCCN1)C1CSCCC1(C)C. The van der Waals surface area contributed by atoms with E-state index in [0.29, 0.717) is 17.5 Å². The monoisotopic (exact) mass is 286 g/mol. The fourth-order valence-corrected chi connectivity index (χ4v) is 5.02. The molecular formula is C15H30N2OS. The molecule has 0 amide bonds. The van der Waals surface area contributed by atoms with Crippen LogP contribution in [0.3, 0.4) is 0 Å². The van der Waals surface area contributed by atoms with E-state index in [1.54, 1.807) is 0 Å². The molecule has 0 aromatic carbocycles. The van der Waals surface area contributed by atoms with Crippen LogP contribution in [0.15, 0.2) is 0 Å². The third-order valence-corrected chi connectivity index (χ3v) is 5.75. The Bertz CT molecular complexity index is 267. The van der Waals surface area contributed by atoms with Gasteiger partial charge in [-0.3, -0.25) is 4.90 Å². The van der Waals surface area contributed by atoms with Crippen LogP contribution >= 0.6 is 11.8 Å². The highest BCUT2D eigenvalue weighted by molar-refractivity contribution is 7.99. The number of nitrogens with zero attached hydrogens (tertiary/aromatic N) is 1. The summed E-state index contributed by atoms with van der Waals surface area (Å²) in [4.78, 5) is 2.69. The third kappa shape index (κ3) is 4.35. The molecule has 0 spiro atoms. The minimum Gasteiger partial charge on any atom is -0.383 e. The molecule has 0 aromatic heterocycles. The van der Waals surface area contributed by atoms with Gasteiger partial charge in [-0.15, -0.1) is 0 Å². The van der Waals surface area contributed by atoms with Gasteiger partial charge < -0.3 is 10.1 Å². The molecule has 0 saturated carbocycles. The van der Waals surface area contributed by atoms with Crippen molar-refractivity contribution in [2.24, 2.45) is 5.41 Å². The van der Waals surface area contributed by atoms with Crippen LogP contribution < -0.4 is 5.32 Å². The number of ether oxygens (including phenoxy) is 1. The second-order valence-electron chi connectivity index (χ2n) is 6.61. The van der Waals surface area contributed by atoms with Crippen molar-refractivity contribution >= 4 is 11.8 Å². The third-order valence-electron chi connectivity index (χ3n) is 4.71. The molecule has 1 N–H and O–H groups in total. The summed E-state index contributed by atoms with van der Waals surface area (Å²) in [5.74, 6) is 2.60. The molecule has 2 unspecified atom stereocenters. The Balaban J connectivity index is 1.97. The molecule has 0 bridgehead atoms. The Morgan fingerprint density at radius 2 is 2.26 bits per heavy atom. The predicted octanol–water partition coefficient (Wildman–Crippen LogP) is 2.22. The number of hydrogen-bond donors (Lipinski definition) is 1. The molecule has 2 atom stereocenters. The Morgan fingerprint density at radius 1 is 1.42 bits per heavy atom. The van der Waals surface area contributed by atoms with E-state index in [1.165, 1.54) is 43.9 Å². The van der Waals surface area contributed by atoms with E-state index in [1.807, 2.05) is 7.11 Å². The highest BCUT2D eigenvalue weighted by Gasteiger charge is 2.37. The van der Waals surface area contributed by atoms with Gasteiger partial charge in [-0.1, -0.05) is 13.8 Å². The average Bonchev–Trinajstić information content (AvgIpc) is 2.87. The minimum atomic E-state index is 0.442. The molecule has 0 aliphatic carbocycles. The second-order valence-corrected chi connectivity index (χ2v) is 7.76. The van der Waals surface area contributed by atoms with Crippen molar-refractivity contribution in [3.05, 3.63) is 0 Å². The first-order chi connectivity index (χ1) is 9.13. The fourth-order valence-electron chi connectivity index (χ4n) is 3.30. The standard InChI is InChI=1S/C15H30N2OS/c1-15(2)6-10-19-12-14(15)17(8-9-18-3)11-13-5-4-7-16-13/h13-14,16H,4-12H2,1-3H3. The number of nitrogens with one attached hydrogen (secondary N) is 1. The van der Waals surface area contributed by atoms with Crippen LogP contribution in [0.25, 0.3) is 0 Å². The predicted molar refractivity (Wildman–Crippen MR) is 84.0 cm³/mol. The molecular weight excluding hydrogens is 256 g/mol. The molecule has 3 nitrogen and oxygen atoms in total. The van der Waals surface area contributed by atoms with Crippen molar-refractivity contribution in [3.8, 4) is 0 Å². The molecule has 2 rings (SSSR count). The summed E-state index contributed by atoms with van der Waals surface area (Å²) in [6.07, 6.45) is 4.01. The lowest BCUT2D eigenvalue weighted by Crippen LogP contribution is -2.53. The van der Waals surface area contributed by atoms with Crippen molar-refractivity contribution in [1.29, 1.82) is 0 Å². The Labute approximate surface area is 122 Å². The molecule has 4 heteroatoms. The summed E-state index contributed by atoms with van der Waals surface area (Å²) in [7, 11) is 1.81. The quantitative estimate of drug-likeness (QED) is 0.809. The van der Waals surface area contributed by atoms with Crippen molar-refractivity contribution in [2.75, 3.05) is 44.9 Å². The van der Waals surface area contributed by atoms with E-state index in [0.717, 1.165) is 13.2 Å². The normalized spacial score (nSPS) is 30.9. The smallest absolute Gasteiger partial charge is 0.0589 e. The summed E-state index contributed by atoms with van der Waals surface area (Å²) >= 11 is 2.12. The lowest BCUT2D eigenvalue weighted by atomic mass is 9.81. The number of rotatable bonds is 6. The maximum absolute atomic E-state index is 5.33. The Hall–Kier alpha value is 0.230. The zero-order valence-corrected chi connectivity index (χ0v) is 13.6. The Kier molecular flexibility index (Phi) is 6.00. The van der Waals surface area contributed by atoms with Crippen LogP contribution in [-0.4, -0.2) is 61.8 Å². The van der Waals surface area contributed by atoms with Crippen LogP contribution in [0.2, 0.25) is 0 Å². The highest BCUT2D eigenvalue weighted by atomic mass is 32.2. The summed E-state index contributed by atoms with van der Waals surface area (Å²) < 4.78 is 5.33. The number of hydrogen-bond acceptors (Lipinski definition) is 4. The molecule has 2 fully saturated rings. The van der Waals surface area contributed by atoms with E-state index in [4.69, 9.17) is 4.74 Å². The molecule has 0 radical (unpaired) electrons. The van der Waals surface area contributed by atoms with E-state index in [2.05, 4.69) is 35.8 Å². The van der Waals surface area contributed by atoms with Gasteiger partial charge in [0.25, 0.3) is 0 Å². The van der Waals surface area contributed by atoms with E-state index < -0.39 is 0 Å². The maximum Gasteiger partial charge on any atom is 0.0589 e. The second kappa shape index (κ2) is 7.30. The number of thioether (sulfide) groups is 1. The van der Waals surface area contributed by atoms with Gasteiger partial charge in [-0.2, -0.15) is 11.8 Å². The molecule has 2 aliphatic heterocycles. The molecule has 2 aliphatic rings. The first-order valence-corrected chi connectivity index (χ1v) is 8.83. The zero-order valence-electron chi connectivity index (χ0n) is 12.8. The largest absolute Gasteiger partial charge is 0.383 e. The van der Waals surface area contributed by atoms with Crippen LogP contribution in [0.5, 0.6) is 0 Å². The molecule has 2 saturated heterocycles. The Morgan fingerprint density at radius 3 is 2.89 bits per heavy atom. The van der Waals surface area contributed by atoms with E-state index in [-0.39, 0.29) is 0 Å². The summed E-state index contributed by atoms with van der Waals surface area (Å²) in [5, 5.41) is 3.64. The maximum atomic E-state index is 5.33. The van der Waals surface area contributed by atoms with Gasteiger partial charge in [0.15, 0.2) is 0 Å². The minimum absolute atomic E-state index is 0.442. The fraction of sp³-hybridized carbons (Fsp3) is 1.00. The number of methoxy groups -OCH3 is 1. The van der Waals surface area contributed by atoms with Crippen LogP contribution in [-0.2, 0) is 4.74 Å². The molecule has 0 aromatic rings. The molecule has 19 heavy (non-hydrogen) atoms. The van der Waals surface area contributed by atoms with Gasteiger partial charge in [0.2, 0.25) is 0 Å². The lowest BCUT2D eigenvalue weighted by molar-refractivity contribution is 0.0612. The van der Waals surface area contributed by atoms with Crippen LogP contribution in [0.1, 0.15) is 33.1 Å². The van der Waals surface area contributed by atoms with Crippen LogP contribution in [0.4, 0.5) is 0 Å². The van der Waals surface area contributed by atoms with E-state index >= 15 is 0 Å². The van der Waals surface area contributed by atoms with Gasteiger partial charge in [0, 0.05) is 38.0 Å². The van der Waals surface area contributed by atoms with Gasteiger partial charge in [-0.05, 0) is 37.0 Å². The first-order valence-electron chi connectivity index (χ1n) is 7.67. The van der Waals surface area contributed by atoms with Crippen molar-refractivity contribution in [3.63, 3.8) is 0 Å². The van der Waals surface area contributed by atoms with Crippen molar-refractivity contribution in [1.82, 2.24) is 10.2 Å². The van der Waals surface area contributed by atoms with E-state index in [9.17, 15) is 0 Å². The van der Waals surface area contributed by atoms with Gasteiger partial charge in [0.05, 0.1) is 6.61 Å². The summed E-state index contributed by atoms with van der Waals surface area (Å²) in [6.45, 7) is 9.20. The van der Waals surface area contributed by atoms with Crippen LogP contribution in [0, 0.1) is 5.41 Å². The van der Waals surface area contributed by atoms with Gasteiger partial charge in [-0.25, -0.2) is 0 Å². The van der Waals surface area contributed by atoms with Gasteiger partial charge >= 0.3 is 0 Å². The summed E-state index contributed by atoms with van der Waals surface area (Å²) in [6, 6.07) is 1.39. The topological polar surface area (TPSA) is 24.5 Å². The van der Waals surface area contributed by atoms with Crippen molar-refractivity contribution < 1.29 is 4.74 Å². The average molecular weight is 286 g/mol.